The van der Waals surface area contributed by atoms with Gasteiger partial charge in [0.2, 0.25) is 0 Å². The van der Waals surface area contributed by atoms with E-state index in [1.165, 1.54) is 0 Å². The molecule has 0 amide bonds. The normalized spacial score (nSPS) is 13.4. The Hall–Kier alpha value is -0.580. The Morgan fingerprint density at radius 3 is 2.81 bits per heavy atom. The molecule has 0 bridgehead atoms. The van der Waals surface area contributed by atoms with Gasteiger partial charge in [0.05, 0.1) is 16.9 Å². The first-order valence-electron chi connectivity index (χ1n) is 5.55. The highest BCUT2D eigenvalue weighted by molar-refractivity contribution is 6.31. The van der Waals surface area contributed by atoms with E-state index in [9.17, 15) is 0 Å². The van der Waals surface area contributed by atoms with Crippen LogP contribution in [-0.4, -0.2) is 23.5 Å². The van der Waals surface area contributed by atoms with Crippen molar-refractivity contribution in [2.75, 3.05) is 13.7 Å². The maximum atomic E-state index is 6.12. The fourth-order valence-electron chi connectivity index (χ4n) is 1.69. The van der Waals surface area contributed by atoms with Gasteiger partial charge in [0.1, 0.15) is 0 Å². The summed E-state index contributed by atoms with van der Waals surface area (Å²) in [4.78, 5) is 0. The lowest BCUT2D eigenvalue weighted by Gasteiger charge is -2.17. The Morgan fingerprint density at radius 1 is 1.56 bits per heavy atom. The summed E-state index contributed by atoms with van der Waals surface area (Å²) in [6.45, 7) is 4.85. The van der Waals surface area contributed by atoms with Crippen molar-refractivity contribution in [3.05, 3.63) is 16.9 Å². The summed E-state index contributed by atoms with van der Waals surface area (Å²) in [5.41, 5.74) is 7.04. The molecular formula is C11H20ClN3O. The number of rotatable bonds is 6. The molecule has 0 spiro atoms. The first-order chi connectivity index (χ1) is 7.57. The van der Waals surface area contributed by atoms with Gasteiger partial charge in [0, 0.05) is 25.8 Å². The minimum Gasteiger partial charge on any atom is -0.385 e. The zero-order valence-electron chi connectivity index (χ0n) is 10.1. The van der Waals surface area contributed by atoms with Gasteiger partial charge in [-0.15, -0.1) is 0 Å². The van der Waals surface area contributed by atoms with E-state index >= 15 is 0 Å². The average molecular weight is 246 g/mol. The monoisotopic (exact) mass is 245 g/mol. The number of aromatic nitrogens is 2. The maximum absolute atomic E-state index is 6.12. The van der Waals surface area contributed by atoms with E-state index in [1.54, 1.807) is 13.3 Å². The molecule has 0 fully saturated rings. The predicted octanol–water partition coefficient (Wildman–Crippen LogP) is 2.54. The number of hydrogen-bond acceptors (Lipinski definition) is 3. The molecule has 0 aromatic carbocycles. The summed E-state index contributed by atoms with van der Waals surface area (Å²) >= 11 is 6.10. The lowest BCUT2D eigenvalue weighted by atomic mass is 10.1. The Kier molecular flexibility index (Phi) is 5.25. The number of hydrogen-bond donors (Lipinski definition) is 1. The van der Waals surface area contributed by atoms with Gasteiger partial charge in [-0.25, -0.2) is 0 Å². The molecule has 16 heavy (non-hydrogen) atoms. The third kappa shape index (κ3) is 3.20. The highest BCUT2D eigenvalue weighted by atomic mass is 35.5. The van der Waals surface area contributed by atoms with E-state index < -0.39 is 0 Å². The molecule has 1 aromatic heterocycles. The third-order valence-electron chi connectivity index (χ3n) is 2.49. The number of nitrogens with zero attached hydrogens (tertiary/aromatic N) is 2. The van der Waals surface area contributed by atoms with Crippen molar-refractivity contribution in [3.8, 4) is 0 Å². The van der Waals surface area contributed by atoms with Gasteiger partial charge in [-0.1, -0.05) is 11.6 Å². The minimum absolute atomic E-state index is 0.0763. The molecule has 4 nitrogen and oxygen atoms in total. The lowest BCUT2D eigenvalue weighted by molar-refractivity contribution is 0.190. The van der Waals surface area contributed by atoms with Crippen LogP contribution in [0.1, 0.15) is 44.5 Å². The molecule has 0 saturated heterocycles. The van der Waals surface area contributed by atoms with Crippen LogP contribution in [0.15, 0.2) is 6.20 Å². The SMILES string of the molecule is COCCCC(N)c1c(Cl)cnn1C(C)C. The molecule has 0 aliphatic rings. The molecule has 0 aliphatic heterocycles. The Bertz CT molecular complexity index is 325. The van der Waals surface area contributed by atoms with Gasteiger partial charge in [-0.3, -0.25) is 4.68 Å². The van der Waals surface area contributed by atoms with Crippen LogP contribution in [0.4, 0.5) is 0 Å². The summed E-state index contributed by atoms with van der Waals surface area (Å²) in [5, 5.41) is 4.89. The number of methoxy groups -OCH3 is 1. The summed E-state index contributed by atoms with van der Waals surface area (Å²) in [7, 11) is 1.69. The van der Waals surface area contributed by atoms with Gasteiger partial charge >= 0.3 is 0 Å². The van der Waals surface area contributed by atoms with Crippen LogP contribution in [0.2, 0.25) is 5.02 Å². The molecule has 1 aromatic rings. The van der Waals surface area contributed by atoms with Crippen molar-refractivity contribution in [3.63, 3.8) is 0 Å². The van der Waals surface area contributed by atoms with Crippen molar-refractivity contribution in [1.29, 1.82) is 0 Å². The summed E-state index contributed by atoms with van der Waals surface area (Å²) in [6.07, 6.45) is 3.44. The smallest absolute Gasteiger partial charge is 0.0834 e. The molecule has 2 N–H and O–H groups in total. The molecule has 0 radical (unpaired) electrons. The van der Waals surface area contributed by atoms with E-state index in [-0.39, 0.29) is 12.1 Å². The van der Waals surface area contributed by atoms with Crippen LogP contribution < -0.4 is 5.73 Å². The van der Waals surface area contributed by atoms with E-state index in [1.807, 2.05) is 4.68 Å². The quantitative estimate of drug-likeness (QED) is 0.784. The van der Waals surface area contributed by atoms with Crippen LogP contribution in [0.3, 0.4) is 0 Å². The fraction of sp³-hybridized carbons (Fsp3) is 0.727. The van der Waals surface area contributed by atoms with Crippen molar-refractivity contribution in [2.24, 2.45) is 5.73 Å². The maximum Gasteiger partial charge on any atom is 0.0834 e. The predicted molar refractivity (Wildman–Crippen MR) is 65.7 cm³/mol. The lowest BCUT2D eigenvalue weighted by Crippen LogP contribution is -2.18. The van der Waals surface area contributed by atoms with Crippen molar-refractivity contribution < 1.29 is 4.74 Å². The number of halogens is 1. The van der Waals surface area contributed by atoms with E-state index in [0.29, 0.717) is 5.02 Å². The Morgan fingerprint density at radius 2 is 2.25 bits per heavy atom. The summed E-state index contributed by atoms with van der Waals surface area (Å²) < 4.78 is 6.90. The van der Waals surface area contributed by atoms with Crippen LogP contribution in [0, 0.1) is 0 Å². The van der Waals surface area contributed by atoms with Gasteiger partial charge in [-0.05, 0) is 26.7 Å². The first-order valence-corrected chi connectivity index (χ1v) is 5.93. The molecule has 0 aliphatic carbocycles. The number of ether oxygens (including phenoxy) is 1. The fourth-order valence-corrected chi connectivity index (χ4v) is 1.96. The van der Waals surface area contributed by atoms with Gasteiger partial charge in [0.25, 0.3) is 0 Å². The molecule has 92 valence electrons. The van der Waals surface area contributed by atoms with E-state index in [2.05, 4.69) is 18.9 Å². The largest absolute Gasteiger partial charge is 0.385 e. The van der Waals surface area contributed by atoms with E-state index in [0.717, 1.165) is 25.1 Å². The molecule has 1 unspecified atom stereocenters. The van der Waals surface area contributed by atoms with Crippen LogP contribution in [0.25, 0.3) is 0 Å². The summed E-state index contributed by atoms with van der Waals surface area (Å²) in [6, 6.07) is 0.198. The number of nitrogens with two attached hydrogens (primary N) is 1. The zero-order chi connectivity index (χ0) is 12.1. The highest BCUT2D eigenvalue weighted by Crippen LogP contribution is 2.26. The second-order valence-electron chi connectivity index (χ2n) is 4.16. The van der Waals surface area contributed by atoms with Gasteiger partial charge in [0.15, 0.2) is 0 Å². The topological polar surface area (TPSA) is 53.1 Å². The molecule has 1 rings (SSSR count). The third-order valence-corrected chi connectivity index (χ3v) is 2.78. The van der Waals surface area contributed by atoms with Crippen LogP contribution >= 0.6 is 11.6 Å². The standard InChI is InChI=1S/C11H20ClN3O/c1-8(2)15-11(9(12)7-14-15)10(13)5-4-6-16-3/h7-8,10H,4-6,13H2,1-3H3. The second kappa shape index (κ2) is 6.23. The first kappa shape index (κ1) is 13.5. The molecular weight excluding hydrogens is 226 g/mol. The average Bonchev–Trinajstić information content (AvgIpc) is 2.60. The Balaban J connectivity index is 2.73. The van der Waals surface area contributed by atoms with Gasteiger partial charge < -0.3 is 10.5 Å². The highest BCUT2D eigenvalue weighted by Gasteiger charge is 2.17. The molecule has 1 atom stereocenters. The van der Waals surface area contributed by atoms with Crippen LogP contribution in [0.5, 0.6) is 0 Å². The van der Waals surface area contributed by atoms with Crippen LogP contribution in [-0.2, 0) is 4.74 Å². The second-order valence-corrected chi connectivity index (χ2v) is 4.56. The van der Waals surface area contributed by atoms with Crippen molar-refractivity contribution in [2.45, 2.75) is 38.8 Å². The zero-order valence-corrected chi connectivity index (χ0v) is 10.9. The molecule has 5 heteroatoms. The Labute approximate surface area is 102 Å². The van der Waals surface area contributed by atoms with E-state index in [4.69, 9.17) is 22.1 Å². The molecule has 1 heterocycles. The summed E-state index contributed by atoms with van der Waals surface area (Å²) in [5.74, 6) is 0. The van der Waals surface area contributed by atoms with Gasteiger partial charge in [-0.2, -0.15) is 5.10 Å². The van der Waals surface area contributed by atoms with Crippen molar-refractivity contribution in [1.82, 2.24) is 9.78 Å². The molecule has 0 saturated carbocycles. The minimum atomic E-state index is -0.0763. The van der Waals surface area contributed by atoms with Crippen molar-refractivity contribution >= 4 is 11.6 Å².